The highest BCUT2D eigenvalue weighted by atomic mass is 32.2. The molecule has 1 saturated carbocycles. The third-order valence-electron chi connectivity index (χ3n) is 7.45. The number of Topliss-reactive ketones (excluding diaryl/α,β-unsaturated/α-hetero) is 1. The molecule has 6 nitrogen and oxygen atoms in total. The average molecular weight is 536 g/mol. The summed E-state index contributed by atoms with van der Waals surface area (Å²) < 4.78 is 12.1. The van der Waals surface area contributed by atoms with E-state index in [0.717, 1.165) is 28.2 Å². The summed E-state index contributed by atoms with van der Waals surface area (Å²) in [6.07, 6.45) is 8.10. The number of thioether (sulfide) groups is 1. The van der Waals surface area contributed by atoms with Gasteiger partial charge in [0.05, 0.1) is 6.61 Å². The summed E-state index contributed by atoms with van der Waals surface area (Å²) in [5.74, 6) is 0.935. The molecule has 1 aliphatic carbocycles. The fourth-order valence-corrected chi connectivity index (χ4v) is 5.67. The van der Waals surface area contributed by atoms with Crippen molar-refractivity contribution in [1.82, 2.24) is 0 Å². The number of carbonyl (C=O) groups is 2. The minimum absolute atomic E-state index is 0.0480. The first kappa shape index (κ1) is 28.1. The van der Waals surface area contributed by atoms with Crippen LogP contribution in [0.1, 0.15) is 77.4 Å². The van der Waals surface area contributed by atoms with Crippen molar-refractivity contribution in [2.75, 3.05) is 12.0 Å². The molecule has 1 unspecified atom stereocenters. The standard InChI is InChI=1S/C31H37NO5S/c1-21-8-6-7-11-25(21)27-18-22(12-14-26(27)29(33)31(32,30(34)35)16-17-38-2)19-36-20-24-13-15-28(37-24)23-9-4-3-5-10-23/h6-8,11-15,18,23H,3-5,9-10,16-17,19-20,32H2,1-2H3,(H,34,35). The van der Waals surface area contributed by atoms with Crippen LogP contribution in [0.5, 0.6) is 0 Å². The SMILES string of the molecule is CSCCC(N)(C(=O)O)C(=O)c1ccc(COCc2ccc(C3CCCCC3)o2)cc1-c1ccccc1C. The zero-order valence-electron chi connectivity index (χ0n) is 22.2. The molecule has 1 aromatic heterocycles. The number of hydrogen-bond acceptors (Lipinski definition) is 6. The van der Waals surface area contributed by atoms with Crippen molar-refractivity contribution in [3.8, 4) is 11.1 Å². The number of rotatable bonds is 12. The van der Waals surface area contributed by atoms with Crippen LogP contribution in [0.2, 0.25) is 0 Å². The predicted octanol–water partition coefficient (Wildman–Crippen LogP) is 6.74. The van der Waals surface area contributed by atoms with Gasteiger partial charge in [-0.2, -0.15) is 11.8 Å². The Morgan fingerprint density at radius 3 is 2.53 bits per heavy atom. The Morgan fingerprint density at radius 2 is 1.82 bits per heavy atom. The minimum Gasteiger partial charge on any atom is -0.480 e. The lowest BCUT2D eigenvalue weighted by atomic mass is 9.83. The molecule has 3 N–H and O–H groups in total. The van der Waals surface area contributed by atoms with Crippen LogP contribution in [0.25, 0.3) is 11.1 Å². The van der Waals surface area contributed by atoms with Gasteiger partial charge in [-0.1, -0.05) is 55.7 Å². The van der Waals surface area contributed by atoms with Gasteiger partial charge in [0.2, 0.25) is 0 Å². The van der Waals surface area contributed by atoms with Crippen LogP contribution in [0.15, 0.2) is 59.0 Å². The largest absolute Gasteiger partial charge is 0.480 e. The number of carboxylic acids is 1. The molecule has 202 valence electrons. The van der Waals surface area contributed by atoms with E-state index in [2.05, 4.69) is 6.07 Å². The third-order valence-corrected chi connectivity index (χ3v) is 8.07. The highest BCUT2D eigenvalue weighted by Gasteiger charge is 2.43. The molecular formula is C31H37NO5S. The van der Waals surface area contributed by atoms with Crippen molar-refractivity contribution in [3.63, 3.8) is 0 Å². The van der Waals surface area contributed by atoms with E-state index in [9.17, 15) is 14.7 Å². The van der Waals surface area contributed by atoms with Crippen molar-refractivity contribution >= 4 is 23.5 Å². The first-order valence-electron chi connectivity index (χ1n) is 13.2. The van der Waals surface area contributed by atoms with E-state index in [4.69, 9.17) is 14.9 Å². The van der Waals surface area contributed by atoms with Crippen molar-refractivity contribution < 1.29 is 23.8 Å². The molecule has 1 aliphatic rings. The van der Waals surface area contributed by atoms with E-state index in [1.165, 1.54) is 43.9 Å². The van der Waals surface area contributed by atoms with Crippen molar-refractivity contribution in [3.05, 3.63) is 82.8 Å². The summed E-state index contributed by atoms with van der Waals surface area (Å²) in [6, 6.07) is 17.2. The van der Waals surface area contributed by atoms with Gasteiger partial charge in [-0.3, -0.25) is 4.79 Å². The van der Waals surface area contributed by atoms with Crippen LogP contribution in [0, 0.1) is 6.92 Å². The summed E-state index contributed by atoms with van der Waals surface area (Å²) in [5, 5.41) is 9.89. The Kier molecular flexibility index (Phi) is 9.47. The molecule has 0 saturated heterocycles. The van der Waals surface area contributed by atoms with Crippen molar-refractivity contribution in [1.29, 1.82) is 0 Å². The number of ketones is 1. The van der Waals surface area contributed by atoms with Gasteiger partial charge in [0.1, 0.15) is 18.1 Å². The number of nitrogens with two attached hydrogens (primary N) is 1. The first-order valence-corrected chi connectivity index (χ1v) is 14.6. The highest BCUT2D eigenvalue weighted by molar-refractivity contribution is 7.98. The number of furan rings is 1. The van der Waals surface area contributed by atoms with Crippen LogP contribution >= 0.6 is 11.8 Å². The lowest BCUT2D eigenvalue weighted by molar-refractivity contribution is -0.141. The number of carbonyl (C=O) groups excluding carboxylic acids is 1. The molecule has 7 heteroatoms. The predicted molar refractivity (Wildman–Crippen MR) is 152 cm³/mol. The maximum atomic E-state index is 13.6. The average Bonchev–Trinajstić information content (AvgIpc) is 3.41. The normalized spacial score (nSPS) is 15.8. The number of hydrogen-bond donors (Lipinski definition) is 2. The Balaban J connectivity index is 1.55. The number of benzene rings is 2. The summed E-state index contributed by atoms with van der Waals surface area (Å²) in [5.41, 5.74) is 7.91. The van der Waals surface area contributed by atoms with Crippen LogP contribution in [0.4, 0.5) is 0 Å². The van der Waals surface area contributed by atoms with Crippen LogP contribution < -0.4 is 5.73 Å². The Bertz CT molecular complexity index is 1260. The quantitative estimate of drug-likeness (QED) is 0.196. The second-order valence-corrected chi connectivity index (χ2v) is 11.2. The second kappa shape index (κ2) is 12.8. The molecule has 0 radical (unpaired) electrons. The number of carboxylic acid groups (broad SMARTS) is 1. The van der Waals surface area contributed by atoms with Gasteiger partial charge in [0.15, 0.2) is 11.3 Å². The van der Waals surface area contributed by atoms with E-state index in [-0.39, 0.29) is 6.42 Å². The summed E-state index contributed by atoms with van der Waals surface area (Å²) >= 11 is 1.46. The maximum absolute atomic E-state index is 13.6. The van der Waals surface area contributed by atoms with Gasteiger partial charge < -0.3 is 20.0 Å². The van der Waals surface area contributed by atoms with Crippen LogP contribution in [-0.2, 0) is 22.7 Å². The molecule has 38 heavy (non-hydrogen) atoms. The topological polar surface area (TPSA) is 103 Å². The minimum atomic E-state index is -1.99. The fraction of sp³-hybridized carbons (Fsp3) is 0.419. The molecular weight excluding hydrogens is 498 g/mol. The van der Waals surface area contributed by atoms with E-state index in [1.807, 2.05) is 49.6 Å². The highest BCUT2D eigenvalue weighted by Crippen LogP contribution is 2.34. The summed E-state index contributed by atoms with van der Waals surface area (Å²) in [7, 11) is 0. The van der Waals surface area contributed by atoms with Gasteiger partial charge in [0.25, 0.3) is 0 Å². The molecule has 2 aromatic carbocycles. The Morgan fingerprint density at radius 1 is 1.05 bits per heavy atom. The van der Waals surface area contributed by atoms with E-state index in [0.29, 0.717) is 36.0 Å². The number of aryl methyl sites for hydroxylation is 1. The molecule has 3 aromatic rings. The van der Waals surface area contributed by atoms with Crippen molar-refractivity contribution in [2.24, 2.45) is 5.73 Å². The van der Waals surface area contributed by atoms with E-state index >= 15 is 0 Å². The summed E-state index contributed by atoms with van der Waals surface area (Å²) in [4.78, 5) is 25.7. The molecule has 0 bridgehead atoms. The number of aliphatic carboxylic acids is 1. The first-order chi connectivity index (χ1) is 18.3. The van der Waals surface area contributed by atoms with Gasteiger partial charge in [-0.05, 0) is 78.6 Å². The Hall–Kier alpha value is -2.87. The fourth-order valence-electron chi connectivity index (χ4n) is 5.15. The molecule has 0 aliphatic heterocycles. The number of ether oxygens (including phenoxy) is 1. The molecule has 1 fully saturated rings. The molecule has 4 rings (SSSR count). The lowest BCUT2D eigenvalue weighted by Crippen LogP contribution is -2.55. The zero-order valence-corrected chi connectivity index (χ0v) is 23.0. The van der Waals surface area contributed by atoms with E-state index in [1.54, 1.807) is 12.1 Å². The second-order valence-electron chi connectivity index (χ2n) is 10.2. The van der Waals surface area contributed by atoms with Gasteiger partial charge in [0, 0.05) is 11.5 Å². The Labute approximate surface area is 229 Å². The molecule has 0 spiro atoms. The maximum Gasteiger partial charge on any atom is 0.331 e. The third kappa shape index (κ3) is 6.40. The lowest BCUT2D eigenvalue weighted by Gasteiger charge is -2.25. The van der Waals surface area contributed by atoms with Gasteiger partial charge in [-0.25, -0.2) is 4.79 Å². The zero-order chi connectivity index (χ0) is 27.1. The van der Waals surface area contributed by atoms with Gasteiger partial charge >= 0.3 is 5.97 Å². The molecule has 0 amide bonds. The van der Waals surface area contributed by atoms with Crippen LogP contribution in [-0.4, -0.2) is 34.4 Å². The monoisotopic (exact) mass is 535 g/mol. The van der Waals surface area contributed by atoms with Gasteiger partial charge in [-0.15, -0.1) is 0 Å². The van der Waals surface area contributed by atoms with E-state index < -0.39 is 17.3 Å². The molecule has 1 atom stereocenters. The van der Waals surface area contributed by atoms with Crippen molar-refractivity contribution in [2.45, 2.75) is 70.1 Å². The summed E-state index contributed by atoms with van der Waals surface area (Å²) in [6.45, 7) is 2.65. The smallest absolute Gasteiger partial charge is 0.331 e. The van der Waals surface area contributed by atoms with Crippen LogP contribution in [0.3, 0.4) is 0 Å². The molecule has 1 heterocycles.